The minimum Gasteiger partial charge on any atom is -0.378 e. The van der Waals surface area contributed by atoms with E-state index < -0.39 is 0 Å². The highest BCUT2D eigenvalue weighted by Gasteiger charge is 2.30. The van der Waals surface area contributed by atoms with Crippen LogP contribution in [0.15, 0.2) is 0 Å². The summed E-state index contributed by atoms with van der Waals surface area (Å²) in [6.07, 6.45) is 11.4. The van der Waals surface area contributed by atoms with Gasteiger partial charge < -0.3 is 10.1 Å². The van der Waals surface area contributed by atoms with Crippen LogP contribution in [0.25, 0.3) is 0 Å². The quantitative estimate of drug-likeness (QED) is 0.621. The molecule has 1 saturated heterocycles. The van der Waals surface area contributed by atoms with Gasteiger partial charge in [0.1, 0.15) is 0 Å². The van der Waals surface area contributed by atoms with Crippen molar-refractivity contribution in [2.24, 2.45) is 5.92 Å². The van der Waals surface area contributed by atoms with E-state index in [1.54, 1.807) is 0 Å². The molecule has 1 heterocycles. The maximum Gasteiger partial charge on any atom is 0.0590 e. The Morgan fingerprint density at radius 3 is 2.47 bits per heavy atom. The average Bonchev–Trinajstić information content (AvgIpc) is 2.75. The summed E-state index contributed by atoms with van der Waals surface area (Å²) in [5, 5.41) is 3.50. The SMILES string of the molecule is CCCCCCCCC(NC)C1CCOC1C. The van der Waals surface area contributed by atoms with Crippen LogP contribution < -0.4 is 5.32 Å². The highest BCUT2D eigenvalue weighted by Crippen LogP contribution is 2.26. The Balaban J connectivity index is 2.10. The zero-order valence-electron chi connectivity index (χ0n) is 12.0. The Morgan fingerprint density at radius 1 is 1.18 bits per heavy atom. The van der Waals surface area contributed by atoms with Gasteiger partial charge in [0.2, 0.25) is 0 Å². The van der Waals surface area contributed by atoms with Crippen LogP contribution in [0.2, 0.25) is 0 Å². The van der Waals surface area contributed by atoms with Gasteiger partial charge >= 0.3 is 0 Å². The Morgan fingerprint density at radius 2 is 1.88 bits per heavy atom. The average molecular weight is 241 g/mol. The van der Waals surface area contributed by atoms with E-state index in [0.717, 1.165) is 12.5 Å². The standard InChI is InChI=1S/C15H31NO/c1-4-5-6-7-8-9-10-15(16-3)14-11-12-17-13(14)2/h13-16H,4-12H2,1-3H3. The molecule has 17 heavy (non-hydrogen) atoms. The predicted molar refractivity (Wildman–Crippen MR) is 74.4 cm³/mol. The van der Waals surface area contributed by atoms with E-state index >= 15 is 0 Å². The van der Waals surface area contributed by atoms with Crippen LogP contribution >= 0.6 is 0 Å². The summed E-state index contributed by atoms with van der Waals surface area (Å²) in [6, 6.07) is 0.665. The first-order valence-electron chi connectivity index (χ1n) is 7.58. The van der Waals surface area contributed by atoms with E-state index in [2.05, 4.69) is 26.2 Å². The van der Waals surface area contributed by atoms with Crippen molar-refractivity contribution in [3.63, 3.8) is 0 Å². The Bertz CT molecular complexity index is 184. The molecule has 0 bridgehead atoms. The van der Waals surface area contributed by atoms with Crippen molar-refractivity contribution in [1.82, 2.24) is 5.32 Å². The van der Waals surface area contributed by atoms with Crippen molar-refractivity contribution >= 4 is 0 Å². The highest BCUT2D eigenvalue weighted by atomic mass is 16.5. The lowest BCUT2D eigenvalue weighted by Crippen LogP contribution is -2.36. The second-order valence-corrected chi connectivity index (χ2v) is 5.48. The fraction of sp³-hybridized carbons (Fsp3) is 1.00. The molecule has 0 amide bonds. The molecule has 2 heteroatoms. The molecule has 1 fully saturated rings. The number of nitrogens with one attached hydrogen (secondary N) is 1. The predicted octanol–water partition coefficient (Wildman–Crippen LogP) is 3.75. The molecule has 1 rings (SSSR count). The molecule has 0 saturated carbocycles. The summed E-state index contributed by atoms with van der Waals surface area (Å²) in [6.45, 7) is 5.46. The summed E-state index contributed by atoms with van der Waals surface area (Å²) < 4.78 is 5.67. The molecular formula is C15H31NO. The van der Waals surface area contributed by atoms with Gasteiger partial charge in [0, 0.05) is 18.6 Å². The van der Waals surface area contributed by atoms with Gasteiger partial charge in [-0.3, -0.25) is 0 Å². The zero-order valence-corrected chi connectivity index (χ0v) is 12.0. The number of hydrogen-bond donors (Lipinski definition) is 1. The molecule has 3 unspecified atom stereocenters. The van der Waals surface area contributed by atoms with Crippen LogP contribution in [0.4, 0.5) is 0 Å². The van der Waals surface area contributed by atoms with Crippen molar-refractivity contribution in [2.75, 3.05) is 13.7 Å². The first-order chi connectivity index (χ1) is 8.29. The molecular weight excluding hydrogens is 210 g/mol. The normalized spacial score (nSPS) is 26.3. The van der Waals surface area contributed by atoms with Crippen molar-refractivity contribution in [3.8, 4) is 0 Å². The van der Waals surface area contributed by atoms with Gasteiger partial charge in [-0.1, -0.05) is 45.4 Å². The molecule has 0 spiro atoms. The van der Waals surface area contributed by atoms with E-state index in [1.807, 2.05) is 0 Å². The summed E-state index contributed by atoms with van der Waals surface area (Å²) >= 11 is 0. The Kier molecular flexibility index (Phi) is 7.87. The van der Waals surface area contributed by atoms with Gasteiger partial charge in [0.05, 0.1) is 6.10 Å². The lowest BCUT2D eigenvalue weighted by molar-refractivity contribution is 0.0949. The second-order valence-electron chi connectivity index (χ2n) is 5.48. The molecule has 2 nitrogen and oxygen atoms in total. The maximum atomic E-state index is 5.67. The summed E-state index contributed by atoms with van der Waals surface area (Å²) in [7, 11) is 2.10. The van der Waals surface area contributed by atoms with Crippen LogP contribution in [-0.4, -0.2) is 25.8 Å². The van der Waals surface area contributed by atoms with E-state index in [0.29, 0.717) is 12.1 Å². The van der Waals surface area contributed by atoms with Gasteiger partial charge in [-0.2, -0.15) is 0 Å². The van der Waals surface area contributed by atoms with E-state index in [-0.39, 0.29) is 0 Å². The van der Waals surface area contributed by atoms with Gasteiger partial charge in [0.25, 0.3) is 0 Å². The molecule has 0 aromatic heterocycles. The largest absolute Gasteiger partial charge is 0.378 e. The summed E-state index contributed by atoms with van der Waals surface area (Å²) in [5.74, 6) is 0.732. The minimum absolute atomic E-state index is 0.451. The molecule has 0 aromatic rings. The molecule has 102 valence electrons. The van der Waals surface area contributed by atoms with E-state index in [9.17, 15) is 0 Å². The molecule has 0 aliphatic carbocycles. The van der Waals surface area contributed by atoms with E-state index in [1.165, 1.54) is 51.4 Å². The van der Waals surface area contributed by atoms with Crippen LogP contribution in [0, 0.1) is 5.92 Å². The molecule has 0 aromatic carbocycles. The van der Waals surface area contributed by atoms with Crippen LogP contribution in [-0.2, 0) is 4.74 Å². The molecule has 1 N–H and O–H groups in total. The fourth-order valence-corrected chi connectivity index (χ4v) is 2.99. The van der Waals surface area contributed by atoms with Crippen molar-refractivity contribution < 1.29 is 4.74 Å². The van der Waals surface area contributed by atoms with Crippen molar-refractivity contribution in [3.05, 3.63) is 0 Å². The van der Waals surface area contributed by atoms with Gasteiger partial charge in [0.15, 0.2) is 0 Å². The third kappa shape index (κ3) is 5.39. The molecule has 3 atom stereocenters. The van der Waals surface area contributed by atoms with Crippen molar-refractivity contribution in [1.29, 1.82) is 0 Å². The van der Waals surface area contributed by atoms with E-state index in [4.69, 9.17) is 4.74 Å². The maximum absolute atomic E-state index is 5.67. The number of hydrogen-bond acceptors (Lipinski definition) is 2. The smallest absolute Gasteiger partial charge is 0.0590 e. The van der Waals surface area contributed by atoms with Crippen molar-refractivity contribution in [2.45, 2.75) is 77.4 Å². The van der Waals surface area contributed by atoms with Gasteiger partial charge in [-0.05, 0) is 26.8 Å². The van der Waals surface area contributed by atoms with Crippen LogP contribution in [0.3, 0.4) is 0 Å². The first kappa shape index (κ1) is 15.0. The molecule has 1 aliphatic rings. The highest BCUT2D eigenvalue weighted by molar-refractivity contribution is 4.83. The number of rotatable bonds is 9. The lowest BCUT2D eigenvalue weighted by Gasteiger charge is -2.25. The fourth-order valence-electron chi connectivity index (χ4n) is 2.99. The van der Waals surface area contributed by atoms with Crippen LogP contribution in [0.5, 0.6) is 0 Å². The topological polar surface area (TPSA) is 21.3 Å². The zero-order chi connectivity index (χ0) is 12.5. The molecule has 1 aliphatic heterocycles. The van der Waals surface area contributed by atoms with Gasteiger partial charge in [-0.15, -0.1) is 0 Å². The lowest BCUT2D eigenvalue weighted by atomic mass is 9.89. The van der Waals surface area contributed by atoms with Gasteiger partial charge in [-0.25, -0.2) is 0 Å². The third-order valence-electron chi connectivity index (χ3n) is 4.19. The Labute approximate surface area is 108 Å². The number of ether oxygens (including phenoxy) is 1. The second kappa shape index (κ2) is 8.93. The Hall–Kier alpha value is -0.0800. The minimum atomic E-state index is 0.451. The monoisotopic (exact) mass is 241 g/mol. The summed E-state index contributed by atoms with van der Waals surface area (Å²) in [5.41, 5.74) is 0. The number of unbranched alkanes of at least 4 members (excludes halogenated alkanes) is 5. The molecule has 0 radical (unpaired) electrons. The first-order valence-corrected chi connectivity index (χ1v) is 7.58. The van der Waals surface area contributed by atoms with Crippen LogP contribution in [0.1, 0.15) is 65.2 Å². The summed E-state index contributed by atoms with van der Waals surface area (Å²) in [4.78, 5) is 0. The third-order valence-corrected chi connectivity index (χ3v) is 4.19.